The number of hydrogen-bond donors (Lipinski definition) is 1. The van der Waals surface area contributed by atoms with E-state index in [1.165, 1.54) is 10.4 Å². The van der Waals surface area contributed by atoms with Gasteiger partial charge in [-0.15, -0.1) is 11.3 Å². The van der Waals surface area contributed by atoms with Crippen LogP contribution < -0.4 is 5.32 Å². The fraction of sp³-hybridized carbons (Fsp3) is 0.500. The van der Waals surface area contributed by atoms with Crippen molar-refractivity contribution in [2.24, 2.45) is 0 Å². The third-order valence-corrected chi connectivity index (χ3v) is 5.31. The van der Waals surface area contributed by atoms with E-state index in [0.29, 0.717) is 19.8 Å². The number of ether oxygens (including phenoxy) is 1. The van der Waals surface area contributed by atoms with Gasteiger partial charge in [-0.25, -0.2) is 4.79 Å². The molecule has 2 aromatic rings. The van der Waals surface area contributed by atoms with Crippen molar-refractivity contribution < 1.29 is 13.9 Å². The van der Waals surface area contributed by atoms with E-state index in [1.54, 1.807) is 17.6 Å². The van der Waals surface area contributed by atoms with Gasteiger partial charge in [-0.05, 0) is 48.4 Å². The van der Waals surface area contributed by atoms with E-state index < -0.39 is 0 Å². The number of nitrogens with zero attached hydrogens (tertiary/aromatic N) is 1. The molecule has 0 spiro atoms. The second kappa shape index (κ2) is 8.35. The number of rotatable bonds is 7. The van der Waals surface area contributed by atoms with Crippen molar-refractivity contribution >= 4 is 17.4 Å². The molecule has 3 heterocycles. The Bertz CT molecular complexity index is 638. The van der Waals surface area contributed by atoms with Crippen LogP contribution in [0.2, 0.25) is 0 Å². The fourth-order valence-electron chi connectivity index (χ4n) is 3.12. The van der Waals surface area contributed by atoms with E-state index in [-0.39, 0.29) is 12.1 Å². The van der Waals surface area contributed by atoms with Crippen LogP contribution in [0.1, 0.15) is 42.0 Å². The predicted octanol–water partition coefficient (Wildman–Crippen LogP) is 3.97. The minimum absolute atomic E-state index is 0.0322. The molecular weight excluding hydrogens is 324 g/mol. The van der Waals surface area contributed by atoms with Crippen molar-refractivity contribution in [2.75, 3.05) is 19.7 Å². The molecule has 0 saturated heterocycles. The number of amides is 2. The molecule has 1 aliphatic rings. The maximum atomic E-state index is 12.5. The number of urea groups is 1. The van der Waals surface area contributed by atoms with Gasteiger partial charge in [0.25, 0.3) is 0 Å². The number of carbonyl (C=O) groups is 1. The third-order valence-electron chi connectivity index (χ3n) is 4.31. The molecule has 1 aliphatic heterocycles. The molecule has 130 valence electrons. The molecule has 1 unspecified atom stereocenters. The lowest BCUT2D eigenvalue weighted by molar-refractivity contribution is 0.103. The van der Waals surface area contributed by atoms with Gasteiger partial charge in [0.15, 0.2) is 0 Å². The van der Waals surface area contributed by atoms with E-state index in [9.17, 15) is 4.79 Å². The summed E-state index contributed by atoms with van der Waals surface area (Å²) in [5.41, 5.74) is 1.32. The molecule has 0 fully saturated rings. The minimum Gasteiger partial charge on any atom is -0.467 e. The molecule has 2 amide bonds. The topological polar surface area (TPSA) is 54.7 Å². The van der Waals surface area contributed by atoms with Gasteiger partial charge in [0.2, 0.25) is 0 Å². The number of carbonyl (C=O) groups excluding carboxylic acids is 1. The summed E-state index contributed by atoms with van der Waals surface area (Å²) in [5.74, 6) is 0.824. The van der Waals surface area contributed by atoms with E-state index in [1.807, 2.05) is 17.0 Å². The zero-order valence-electron chi connectivity index (χ0n) is 14.0. The van der Waals surface area contributed by atoms with Gasteiger partial charge in [-0.2, -0.15) is 0 Å². The van der Waals surface area contributed by atoms with Crippen LogP contribution in [0.25, 0.3) is 0 Å². The van der Waals surface area contributed by atoms with Crippen LogP contribution in [0.15, 0.2) is 34.3 Å². The number of hydrogen-bond acceptors (Lipinski definition) is 4. The normalized spacial score (nSPS) is 16.9. The highest BCUT2D eigenvalue weighted by Gasteiger charge is 2.29. The Morgan fingerprint density at radius 2 is 2.42 bits per heavy atom. The quantitative estimate of drug-likeness (QED) is 0.771. The van der Waals surface area contributed by atoms with Gasteiger partial charge in [0.05, 0.1) is 12.3 Å². The van der Waals surface area contributed by atoms with Crippen LogP contribution in [-0.4, -0.2) is 30.6 Å². The molecule has 0 saturated carbocycles. The van der Waals surface area contributed by atoms with Crippen LogP contribution >= 0.6 is 11.3 Å². The lowest BCUT2D eigenvalue weighted by Crippen LogP contribution is -2.45. The fourth-order valence-corrected chi connectivity index (χ4v) is 4.05. The standard InChI is InChI=1S/C18H24N2O3S/c1-2-16-15-7-12-24-17(15)6-9-20(16)18(21)19-8-4-10-22-13-14-5-3-11-23-14/h3,5,7,11-12,16H,2,4,6,8-10,13H2,1H3,(H,19,21). The second-order valence-corrected chi connectivity index (χ2v) is 6.88. The Balaban J connectivity index is 1.39. The molecule has 5 nitrogen and oxygen atoms in total. The molecule has 0 bridgehead atoms. The Morgan fingerprint density at radius 3 is 3.21 bits per heavy atom. The lowest BCUT2D eigenvalue weighted by Gasteiger charge is -2.35. The second-order valence-electron chi connectivity index (χ2n) is 5.88. The summed E-state index contributed by atoms with van der Waals surface area (Å²) in [4.78, 5) is 15.9. The van der Waals surface area contributed by atoms with Gasteiger partial charge < -0.3 is 19.4 Å². The first-order valence-corrected chi connectivity index (χ1v) is 9.38. The first-order chi connectivity index (χ1) is 11.8. The average Bonchev–Trinajstić information content (AvgIpc) is 3.27. The van der Waals surface area contributed by atoms with Gasteiger partial charge in [-0.3, -0.25) is 0 Å². The van der Waals surface area contributed by atoms with Crippen LogP contribution in [0.5, 0.6) is 0 Å². The van der Waals surface area contributed by atoms with Gasteiger partial charge in [-0.1, -0.05) is 6.92 Å². The summed E-state index contributed by atoms with van der Waals surface area (Å²) in [5, 5.41) is 5.15. The minimum atomic E-state index is 0.0322. The third kappa shape index (κ3) is 3.99. The van der Waals surface area contributed by atoms with Gasteiger partial charge >= 0.3 is 6.03 Å². The highest BCUT2D eigenvalue weighted by atomic mass is 32.1. The zero-order chi connectivity index (χ0) is 16.8. The summed E-state index contributed by atoms with van der Waals surface area (Å²) < 4.78 is 10.7. The number of nitrogens with one attached hydrogen (secondary N) is 1. The van der Waals surface area contributed by atoms with E-state index >= 15 is 0 Å². The molecule has 24 heavy (non-hydrogen) atoms. The summed E-state index contributed by atoms with van der Waals surface area (Å²) in [6.07, 6.45) is 4.34. The number of thiophene rings is 1. The van der Waals surface area contributed by atoms with Crippen molar-refractivity contribution in [1.29, 1.82) is 0 Å². The first kappa shape index (κ1) is 17.0. The van der Waals surface area contributed by atoms with E-state index in [2.05, 4.69) is 23.7 Å². The summed E-state index contributed by atoms with van der Waals surface area (Å²) >= 11 is 1.80. The molecular formula is C18H24N2O3S. The van der Waals surface area contributed by atoms with Crippen molar-refractivity contribution in [1.82, 2.24) is 10.2 Å². The predicted molar refractivity (Wildman–Crippen MR) is 94.1 cm³/mol. The molecule has 6 heteroatoms. The van der Waals surface area contributed by atoms with E-state index in [4.69, 9.17) is 9.15 Å². The molecule has 2 aromatic heterocycles. The summed E-state index contributed by atoms with van der Waals surface area (Å²) in [6.45, 7) is 4.65. The Hall–Kier alpha value is -1.79. The van der Waals surface area contributed by atoms with Gasteiger partial charge in [0.1, 0.15) is 12.4 Å². The maximum Gasteiger partial charge on any atom is 0.317 e. The maximum absolute atomic E-state index is 12.5. The molecule has 0 aromatic carbocycles. The SMILES string of the molecule is CCC1c2ccsc2CCN1C(=O)NCCCOCc1ccco1. The van der Waals surface area contributed by atoms with Crippen LogP contribution in [0, 0.1) is 0 Å². The molecule has 1 N–H and O–H groups in total. The molecule has 0 radical (unpaired) electrons. The summed E-state index contributed by atoms with van der Waals surface area (Å²) in [7, 11) is 0. The largest absolute Gasteiger partial charge is 0.467 e. The monoisotopic (exact) mass is 348 g/mol. The van der Waals surface area contributed by atoms with Crippen molar-refractivity contribution in [3.05, 3.63) is 46.0 Å². The highest BCUT2D eigenvalue weighted by molar-refractivity contribution is 7.10. The Morgan fingerprint density at radius 1 is 1.50 bits per heavy atom. The highest BCUT2D eigenvalue weighted by Crippen LogP contribution is 2.35. The number of furan rings is 1. The molecule has 1 atom stereocenters. The zero-order valence-corrected chi connectivity index (χ0v) is 14.8. The molecule has 0 aliphatic carbocycles. The first-order valence-electron chi connectivity index (χ1n) is 8.50. The van der Waals surface area contributed by atoms with Crippen molar-refractivity contribution in [3.8, 4) is 0 Å². The lowest BCUT2D eigenvalue weighted by atomic mass is 9.98. The van der Waals surface area contributed by atoms with Crippen molar-refractivity contribution in [3.63, 3.8) is 0 Å². The number of fused-ring (bicyclic) bond motifs is 1. The van der Waals surface area contributed by atoms with Gasteiger partial charge in [0, 0.05) is 24.6 Å². The van der Waals surface area contributed by atoms with Crippen molar-refractivity contribution in [2.45, 2.75) is 38.8 Å². The van der Waals surface area contributed by atoms with Crippen LogP contribution in [-0.2, 0) is 17.8 Å². The van der Waals surface area contributed by atoms with Crippen LogP contribution in [0.4, 0.5) is 4.79 Å². The molecule has 3 rings (SSSR count). The van der Waals surface area contributed by atoms with Crippen LogP contribution in [0.3, 0.4) is 0 Å². The smallest absolute Gasteiger partial charge is 0.317 e. The summed E-state index contributed by atoms with van der Waals surface area (Å²) in [6, 6.07) is 6.14. The Labute approximate surface area is 146 Å². The Kier molecular flexibility index (Phi) is 5.93. The average molecular weight is 348 g/mol. The van der Waals surface area contributed by atoms with E-state index in [0.717, 1.165) is 31.6 Å².